The topological polar surface area (TPSA) is 56.3 Å². The lowest BCUT2D eigenvalue weighted by Gasteiger charge is -2.14. The molecule has 21 heavy (non-hydrogen) atoms. The molecule has 0 unspecified atom stereocenters. The van der Waals surface area contributed by atoms with Gasteiger partial charge in [0.1, 0.15) is 5.69 Å². The zero-order chi connectivity index (χ0) is 15.2. The Kier molecular flexibility index (Phi) is 5.22. The molecule has 2 rings (SSSR count). The minimum absolute atomic E-state index is 0.455. The molecule has 0 radical (unpaired) electrons. The zero-order valence-corrected chi connectivity index (χ0v) is 13.1. The molecule has 0 saturated heterocycles. The lowest BCUT2D eigenvalue weighted by atomic mass is 10.1. The number of methoxy groups -OCH3 is 2. The number of hydrogen-bond acceptors (Lipinski definition) is 5. The van der Waals surface area contributed by atoms with E-state index in [0.29, 0.717) is 28.0 Å². The van der Waals surface area contributed by atoms with Crippen molar-refractivity contribution in [3.05, 3.63) is 29.5 Å². The molecule has 0 aliphatic carbocycles. The summed E-state index contributed by atoms with van der Waals surface area (Å²) in [6.45, 7) is 2.91. The molecule has 1 aromatic heterocycles. The normalized spacial score (nSPS) is 10.3. The lowest BCUT2D eigenvalue weighted by molar-refractivity contribution is 0.355. The molecule has 1 N–H and O–H groups in total. The van der Waals surface area contributed by atoms with Crippen molar-refractivity contribution in [2.45, 2.75) is 13.3 Å². The summed E-state index contributed by atoms with van der Waals surface area (Å²) in [5.74, 6) is 1.77. The number of rotatable bonds is 6. The van der Waals surface area contributed by atoms with Gasteiger partial charge in [0.15, 0.2) is 17.3 Å². The van der Waals surface area contributed by atoms with Crippen LogP contribution < -0.4 is 14.8 Å². The molecule has 1 heterocycles. The highest BCUT2D eigenvalue weighted by atomic mass is 35.5. The van der Waals surface area contributed by atoms with Crippen molar-refractivity contribution in [1.82, 2.24) is 9.97 Å². The van der Waals surface area contributed by atoms with Gasteiger partial charge in [0, 0.05) is 24.5 Å². The van der Waals surface area contributed by atoms with Crippen LogP contribution in [-0.2, 0) is 0 Å². The Morgan fingerprint density at radius 3 is 2.57 bits per heavy atom. The van der Waals surface area contributed by atoms with Crippen molar-refractivity contribution in [3.63, 3.8) is 0 Å². The van der Waals surface area contributed by atoms with E-state index < -0.39 is 0 Å². The maximum atomic E-state index is 6.43. The number of aromatic nitrogens is 2. The quantitative estimate of drug-likeness (QED) is 0.883. The van der Waals surface area contributed by atoms with Crippen molar-refractivity contribution in [2.75, 3.05) is 26.1 Å². The number of ether oxygens (including phenoxy) is 2. The smallest absolute Gasteiger partial charge is 0.180 e. The van der Waals surface area contributed by atoms with E-state index in [2.05, 4.69) is 22.2 Å². The highest BCUT2D eigenvalue weighted by molar-refractivity contribution is 6.35. The van der Waals surface area contributed by atoms with Crippen LogP contribution in [-0.4, -0.2) is 30.7 Å². The molecular formula is C15H18ClN3O2. The number of hydrogen-bond donors (Lipinski definition) is 1. The molecule has 2 aromatic rings. The number of nitrogens with one attached hydrogen (secondary N) is 1. The van der Waals surface area contributed by atoms with Gasteiger partial charge < -0.3 is 14.8 Å². The van der Waals surface area contributed by atoms with Crippen LogP contribution in [0.25, 0.3) is 11.3 Å². The first-order valence-corrected chi connectivity index (χ1v) is 7.06. The van der Waals surface area contributed by atoms with Crippen molar-refractivity contribution < 1.29 is 9.47 Å². The van der Waals surface area contributed by atoms with Crippen molar-refractivity contribution in [3.8, 4) is 22.8 Å². The van der Waals surface area contributed by atoms with E-state index in [0.717, 1.165) is 18.5 Å². The Balaban J connectivity index is 2.52. The third-order valence-electron chi connectivity index (χ3n) is 2.98. The van der Waals surface area contributed by atoms with Gasteiger partial charge in [-0.3, -0.25) is 4.98 Å². The first-order chi connectivity index (χ1) is 10.2. The standard InChI is InChI=1S/C15H18ClN3O2/c1-4-7-18-15-13(17-8-9-19-15)10-5-6-11(20-2)14(21-3)12(10)16/h5-6,8-9H,4,7H2,1-3H3,(H,18,19). The maximum absolute atomic E-state index is 6.43. The highest BCUT2D eigenvalue weighted by Crippen LogP contribution is 2.42. The molecule has 0 spiro atoms. The second-order valence-electron chi connectivity index (χ2n) is 4.34. The number of nitrogens with zero attached hydrogens (tertiary/aromatic N) is 2. The molecule has 112 valence electrons. The second kappa shape index (κ2) is 7.13. The van der Waals surface area contributed by atoms with E-state index in [9.17, 15) is 0 Å². The summed E-state index contributed by atoms with van der Waals surface area (Å²) in [5.41, 5.74) is 1.44. The van der Waals surface area contributed by atoms with E-state index in [1.165, 1.54) is 0 Å². The molecule has 0 amide bonds. The summed E-state index contributed by atoms with van der Waals surface area (Å²) in [7, 11) is 3.13. The van der Waals surface area contributed by atoms with Crippen LogP contribution in [0.15, 0.2) is 24.5 Å². The van der Waals surface area contributed by atoms with Crippen molar-refractivity contribution >= 4 is 17.4 Å². The maximum Gasteiger partial charge on any atom is 0.180 e. The van der Waals surface area contributed by atoms with E-state index in [-0.39, 0.29) is 0 Å². The fraction of sp³-hybridized carbons (Fsp3) is 0.333. The highest BCUT2D eigenvalue weighted by Gasteiger charge is 2.17. The third kappa shape index (κ3) is 3.19. The van der Waals surface area contributed by atoms with Gasteiger partial charge in [0.25, 0.3) is 0 Å². The summed E-state index contributed by atoms with van der Waals surface area (Å²) in [4.78, 5) is 8.72. The largest absolute Gasteiger partial charge is 0.493 e. The Bertz CT molecular complexity index is 620. The first-order valence-electron chi connectivity index (χ1n) is 6.68. The predicted octanol–water partition coefficient (Wildman–Crippen LogP) is 3.64. The summed E-state index contributed by atoms with van der Waals surface area (Å²) in [6, 6.07) is 3.66. The van der Waals surface area contributed by atoms with Gasteiger partial charge in [0.05, 0.1) is 19.2 Å². The van der Waals surface area contributed by atoms with Gasteiger partial charge in [-0.2, -0.15) is 0 Å². The average molecular weight is 308 g/mol. The van der Waals surface area contributed by atoms with Gasteiger partial charge in [-0.15, -0.1) is 0 Å². The van der Waals surface area contributed by atoms with Crippen LogP contribution in [0.2, 0.25) is 5.02 Å². The Morgan fingerprint density at radius 2 is 1.90 bits per heavy atom. The number of benzene rings is 1. The van der Waals surface area contributed by atoms with Crippen LogP contribution in [0.4, 0.5) is 5.82 Å². The van der Waals surface area contributed by atoms with E-state index in [1.54, 1.807) is 32.7 Å². The van der Waals surface area contributed by atoms with Crippen LogP contribution in [0.3, 0.4) is 0 Å². The molecule has 0 atom stereocenters. The average Bonchev–Trinajstić information content (AvgIpc) is 2.53. The molecule has 0 bridgehead atoms. The van der Waals surface area contributed by atoms with Crippen molar-refractivity contribution in [1.29, 1.82) is 0 Å². The van der Waals surface area contributed by atoms with Gasteiger partial charge in [-0.25, -0.2) is 4.98 Å². The predicted molar refractivity (Wildman–Crippen MR) is 84.4 cm³/mol. The Morgan fingerprint density at radius 1 is 1.14 bits per heavy atom. The van der Waals surface area contributed by atoms with Gasteiger partial charge >= 0.3 is 0 Å². The van der Waals surface area contributed by atoms with Crippen LogP contribution >= 0.6 is 11.6 Å². The van der Waals surface area contributed by atoms with Gasteiger partial charge in [-0.1, -0.05) is 18.5 Å². The Hall–Kier alpha value is -2.01. The fourth-order valence-corrected chi connectivity index (χ4v) is 2.30. The number of anilines is 1. The summed E-state index contributed by atoms with van der Waals surface area (Å²) < 4.78 is 10.6. The van der Waals surface area contributed by atoms with Crippen molar-refractivity contribution in [2.24, 2.45) is 0 Å². The molecule has 1 aromatic carbocycles. The first kappa shape index (κ1) is 15.4. The van der Waals surface area contributed by atoms with E-state index >= 15 is 0 Å². The van der Waals surface area contributed by atoms with Gasteiger partial charge in [-0.05, 0) is 18.6 Å². The van der Waals surface area contributed by atoms with E-state index in [1.807, 2.05) is 6.07 Å². The minimum atomic E-state index is 0.455. The Labute approximate surface area is 129 Å². The van der Waals surface area contributed by atoms with Gasteiger partial charge in [0.2, 0.25) is 0 Å². The molecule has 6 heteroatoms. The minimum Gasteiger partial charge on any atom is -0.493 e. The van der Waals surface area contributed by atoms with Crippen LogP contribution in [0, 0.1) is 0 Å². The molecule has 5 nitrogen and oxygen atoms in total. The third-order valence-corrected chi connectivity index (χ3v) is 3.36. The molecule has 0 aliphatic rings. The molecular weight excluding hydrogens is 290 g/mol. The lowest BCUT2D eigenvalue weighted by Crippen LogP contribution is -2.05. The monoisotopic (exact) mass is 307 g/mol. The van der Waals surface area contributed by atoms with Crippen LogP contribution in [0.1, 0.15) is 13.3 Å². The summed E-state index contributed by atoms with van der Waals surface area (Å²) in [5, 5.41) is 3.71. The number of halogens is 1. The molecule has 0 aliphatic heterocycles. The molecule has 0 saturated carbocycles. The zero-order valence-electron chi connectivity index (χ0n) is 12.3. The fourth-order valence-electron chi connectivity index (χ4n) is 1.98. The van der Waals surface area contributed by atoms with Crippen LogP contribution in [0.5, 0.6) is 11.5 Å². The summed E-state index contributed by atoms with van der Waals surface area (Å²) >= 11 is 6.43. The molecule has 0 fully saturated rings. The SMILES string of the molecule is CCCNc1nccnc1-c1ccc(OC)c(OC)c1Cl. The van der Waals surface area contributed by atoms with E-state index in [4.69, 9.17) is 21.1 Å². The second-order valence-corrected chi connectivity index (χ2v) is 4.72. The summed E-state index contributed by atoms with van der Waals surface area (Å²) in [6.07, 6.45) is 4.28.